The van der Waals surface area contributed by atoms with Crippen molar-refractivity contribution < 1.29 is 8.42 Å². The summed E-state index contributed by atoms with van der Waals surface area (Å²) in [4.78, 5) is 0. The van der Waals surface area contributed by atoms with Crippen molar-refractivity contribution in [2.45, 2.75) is 70.9 Å². The SMILES string of the molecule is CCCC(CNC1(CC)CC1)C(C)(C)N(C)S(C)(=O)=O. The van der Waals surface area contributed by atoms with Crippen LogP contribution in [0.5, 0.6) is 0 Å². The molecule has 1 aliphatic rings. The molecule has 0 aliphatic heterocycles. The fourth-order valence-electron chi connectivity index (χ4n) is 2.88. The molecule has 1 saturated carbocycles. The average Bonchev–Trinajstić information content (AvgIpc) is 3.12. The first kappa shape index (κ1) is 17.9. The van der Waals surface area contributed by atoms with Gasteiger partial charge in [-0.1, -0.05) is 20.3 Å². The quantitative estimate of drug-likeness (QED) is 0.712. The molecule has 5 heteroatoms. The van der Waals surface area contributed by atoms with Crippen molar-refractivity contribution in [1.29, 1.82) is 0 Å². The summed E-state index contributed by atoms with van der Waals surface area (Å²) in [5.41, 5.74) is -0.0217. The number of rotatable bonds is 9. The van der Waals surface area contributed by atoms with Crippen LogP contribution in [0.1, 0.15) is 59.8 Å². The van der Waals surface area contributed by atoms with Gasteiger partial charge in [0.15, 0.2) is 0 Å². The molecule has 0 radical (unpaired) electrons. The minimum absolute atomic E-state index is 0.330. The van der Waals surface area contributed by atoms with E-state index in [2.05, 4.69) is 19.2 Å². The Morgan fingerprint density at radius 2 is 1.85 bits per heavy atom. The maximum absolute atomic E-state index is 11.9. The Kier molecular flexibility index (Phi) is 5.67. The number of hydrogen-bond donors (Lipinski definition) is 1. The molecule has 1 unspecified atom stereocenters. The largest absolute Gasteiger partial charge is 0.311 e. The van der Waals surface area contributed by atoms with Crippen LogP contribution in [0.2, 0.25) is 0 Å². The summed E-state index contributed by atoms with van der Waals surface area (Å²) in [5, 5.41) is 3.70. The van der Waals surface area contributed by atoms with Gasteiger partial charge in [-0.3, -0.25) is 0 Å². The number of hydrogen-bond acceptors (Lipinski definition) is 3. The summed E-state index contributed by atoms with van der Waals surface area (Å²) in [6.07, 6.45) is 7.08. The Labute approximate surface area is 125 Å². The van der Waals surface area contributed by atoms with Gasteiger partial charge in [0.1, 0.15) is 0 Å². The highest BCUT2D eigenvalue weighted by atomic mass is 32.2. The second-order valence-electron chi connectivity index (χ2n) is 6.88. The van der Waals surface area contributed by atoms with Crippen LogP contribution >= 0.6 is 0 Å². The Bertz CT molecular complexity index is 414. The summed E-state index contributed by atoms with van der Waals surface area (Å²) in [5.74, 6) is 0.330. The monoisotopic (exact) mass is 304 g/mol. The van der Waals surface area contributed by atoms with Crippen molar-refractivity contribution in [1.82, 2.24) is 9.62 Å². The zero-order chi connectivity index (χ0) is 15.6. The van der Waals surface area contributed by atoms with Crippen LogP contribution in [-0.4, -0.2) is 43.6 Å². The van der Waals surface area contributed by atoms with Crippen molar-refractivity contribution >= 4 is 10.0 Å². The molecule has 1 atom stereocenters. The van der Waals surface area contributed by atoms with E-state index in [1.807, 2.05) is 13.8 Å². The van der Waals surface area contributed by atoms with Crippen LogP contribution in [0.15, 0.2) is 0 Å². The van der Waals surface area contributed by atoms with Crippen molar-refractivity contribution in [3.63, 3.8) is 0 Å². The summed E-state index contributed by atoms with van der Waals surface area (Å²) in [7, 11) is -1.46. The third-order valence-corrected chi connectivity index (χ3v) is 6.66. The van der Waals surface area contributed by atoms with Crippen molar-refractivity contribution in [2.24, 2.45) is 5.92 Å². The first-order valence-electron chi connectivity index (χ1n) is 7.78. The molecule has 0 aromatic carbocycles. The molecule has 1 rings (SSSR count). The van der Waals surface area contributed by atoms with E-state index < -0.39 is 10.0 Å². The van der Waals surface area contributed by atoms with Crippen LogP contribution in [0.4, 0.5) is 0 Å². The van der Waals surface area contributed by atoms with E-state index in [4.69, 9.17) is 0 Å². The Balaban J connectivity index is 2.77. The topological polar surface area (TPSA) is 49.4 Å². The van der Waals surface area contributed by atoms with Crippen molar-refractivity contribution in [3.8, 4) is 0 Å². The normalized spacial score (nSPS) is 20.1. The lowest BCUT2D eigenvalue weighted by Crippen LogP contribution is -2.53. The van der Waals surface area contributed by atoms with Crippen LogP contribution in [0.25, 0.3) is 0 Å². The standard InChI is InChI=1S/C15H32N2O2S/c1-7-9-13(12-16-15(8-2)10-11-15)14(3,4)17(5)20(6,18)19/h13,16H,7-12H2,1-6H3. The Hall–Kier alpha value is -0.130. The molecule has 1 fully saturated rings. The fraction of sp³-hybridized carbons (Fsp3) is 1.00. The third kappa shape index (κ3) is 4.18. The summed E-state index contributed by atoms with van der Waals surface area (Å²) < 4.78 is 25.3. The maximum Gasteiger partial charge on any atom is 0.211 e. The second kappa shape index (κ2) is 6.32. The molecule has 0 aromatic heterocycles. The smallest absolute Gasteiger partial charge is 0.211 e. The Morgan fingerprint density at radius 1 is 1.30 bits per heavy atom. The van der Waals surface area contributed by atoms with E-state index in [1.54, 1.807) is 7.05 Å². The molecular formula is C15H32N2O2S. The van der Waals surface area contributed by atoms with Gasteiger partial charge in [-0.2, -0.15) is 4.31 Å². The first-order valence-corrected chi connectivity index (χ1v) is 9.63. The summed E-state index contributed by atoms with van der Waals surface area (Å²) >= 11 is 0. The summed E-state index contributed by atoms with van der Waals surface area (Å²) in [6.45, 7) is 9.37. The second-order valence-corrected chi connectivity index (χ2v) is 8.90. The number of nitrogens with one attached hydrogen (secondary N) is 1. The number of sulfonamides is 1. The van der Waals surface area contributed by atoms with Gasteiger partial charge < -0.3 is 5.32 Å². The molecule has 120 valence electrons. The highest BCUT2D eigenvalue weighted by Crippen LogP contribution is 2.39. The van der Waals surface area contributed by atoms with Crippen LogP contribution in [-0.2, 0) is 10.0 Å². The van der Waals surface area contributed by atoms with Crippen molar-refractivity contribution in [3.05, 3.63) is 0 Å². The zero-order valence-corrected chi connectivity index (χ0v) is 14.8. The molecule has 0 saturated heterocycles. The van der Waals surface area contributed by atoms with E-state index in [1.165, 1.54) is 23.4 Å². The van der Waals surface area contributed by atoms with Gasteiger partial charge >= 0.3 is 0 Å². The van der Waals surface area contributed by atoms with Gasteiger partial charge in [0.2, 0.25) is 10.0 Å². The molecule has 0 bridgehead atoms. The molecule has 0 aromatic rings. The molecule has 1 N–H and O–H groups in total. The van der Waals surface area contributed by atoms with Gasteiger partial charge in [-0.25, -0.2) is 8.42 Å². The van der Waals surface area contributed by atoms with Crippen LogP contribution < -0.4 is 5.32 Å². The van der Waals surface area contributed by atoms with Gasteiger partial charge in [0.25, 0.3) is 0 Å². The maximum atomic E-state index is 11.9. The lowest BCUT2D eigenvalue weighted by molar-refractivity contribution is 0.151. The van der Waals surface area contributed by atoms with Gasteiger partial charge in [-0.05, 0) is 45.4 Å². The van der Waals surface area contributed by atoms with E-state index >= 15 is 0 Å². The van der Waals surface area contributed by atoms with Gasteiger partial charge in [0, 0.05) is 24.7 Å². The lowest BCUT2D eigenvalue weighted by atomic mass is 9.83. The molecule has 20 heavy (non-hydrogen) atoms. The minimum atomic E-state index is -3.16. The van der Waals surface area contributed by atoms with Gasteiger partial charge in [0.05, 0.1) is 6.26 Å². The van der Waals surface area contributed by atoms with E-state index in [9.17, 15) is 8.42 Å². The molecule has 1 aliphatic carbocycles. The summed E-state index contributed by atoms with van der Waals surface area (Å²) in [6, 6.07) is 0. The van der Waals surface area contributed by atoms with E-state index in [0.29, 0.717) is 11.5 Å². The average molecular weight is 305 g/mol. The predicted molar refractivity (Wildman–Crippen MR) is 85.3 cm³/mol. The molecule has 0 heterocycles. The molecule has 0 amide bonds. The number of nitrogens with zero attached hydrogens (tertiary/aromatic N) is 1. The minimum Gasteiger partial charge on any atom is -0.311 e. The first-order chi connectivity index (χ1) is 9.09. The highest BCUT2D eigenvalue weighted by Gasteiger charge is 2.43. The Morgan fingerprint density at radius 3 is 2.20 bits per heavy atom. The lowest BCUT2D eigenvalue weighted by Gasteiger charge is -2.41. The van der Waals surface area contributed by atoms with E-state index in [-0.39, 0.29) is 5.54 Å². The molecule has 0 spiro atoms. The molecule has 4 nitrogen and oxygen atoms in total. The van der Waals surface area contributed by atoms with Crippen LogP contribution in [0.3, 0.4) is 0 Å². The van der Waals surface area contributed by atoms with Gasteiger partial charge in [-0.15, -0.1) is 0 Å². The fourth-order valence-corrected chi connectivity index (χ4v) is 3.89. The van der Waals surface area contributed by atoms with E-state index in [0.717, 1.165) is 25.8 Å². The molecular weight excluding hydrogens is 272 g/mol. The van der Waals surface area contributed by atoms with Crippen molar-refractivity contribution in [2.75, 3.05) is 19.8 Å². The zero-order valence-electron chi connectivity index (χ0n) is 14.0. The predicted octanol–water partition coefficient (Wildman–Crippen LogP) is 2.60. The highest BCUT2D eigenvalue weighted by molar-refractivity contribution is 7.88. The van der Waals surface area contributed by atoms with Crippen LogP contribution in [0, 0.1) is 5.92 Å². The third-order valence-electron chi connectivity index (χ3n) is 5.20.